The quantitative estimate of drug-likeness (QED) is 0.339. The Bertz CT molecular complexity index is 606. The number of fused-ring (bicyclic) bond motifs is 1. The van der Waals surface area contributed by atoms with Gasteiger partial charge in [0.2, 0.25) is 0 Å². The molecule has 2 rings (SSSR count). The zero-order valence-electron chi connectivity index (χ0n) is 8.62. The van der Waals surface area contributed by atoms with E-state index in [4.69, 9.17) is 23.1 Å². The molecule has 2 aromatic rings. The Morgan fingerprint density at radius 2 is 2.35 bits per heavy atom. The van der Waals surface area contributed by atoms with Crippen molar-refractivity contribution < 1.29 is 5.11 Å². The van der Waals surface area contributed by atoms with Gasteiger partial charge in [0.15, 0.2) is 15.2 Å². The minimum atomic E-state index is -0.00685. The van der Waals surface area contributed by atoms with Crippen LogP contribution >= 0.6 is 36.2 Å². The van der Waals surface area contributed by atoms with Gasteiger partial charge in [-0.25, -0.2) is 9.98 Å². The Labute approximate surface area is 113 Å². The highest BCUT2D eigenvalue weighted by atomic mass is 32.1. The third-order valence-corrected chi connectivity index (χ3v) is 3.32. The molecule has 0 aliphatic carbocycles. The van der Waals surface area contributed by atoms with Crippen LogP contribution in [0, 0.1) is 0 Å². The number of aliphatic imine (C=N–C) groups is 1. The van der Waals surface area contributed by atoms with E-state index >= 15 is 0 Å². The van der Waals surface area contributed by atoms with Crippen LogP contribution in [-0.2, 0) is 6.61 Å². The van der Waals surface area contributed by atoms with Crippen molar-refractivity contribution in [1.82, 2.24) is 4.98 Å². The molecule has 0 bridgehead atoms. The van der Waals surface area contributed by atoms with Gasteiger partial charge in [-0.1, -0.05) is 18.3 Å². The molecule has 1 heterocycles. The van der Waals surface area contributed by atoms with Crippen LogP contribution in [-0.4, -0.2) is 20.2 Å². The van der Waals surface area contributed by atoms with Gasteiger partial charge in [-0.3, -0.25) is 0 Å². The number of rotatable bonds is 2. The number of hydrogen-bond acceptors (Lipinski definition) is 4. The summed E-state index contributed by atoms with van der Waals surface area (Å²) in [5.74, 6) is 0.261. The average Bonchev–Trinajstić information content (AvgIpc) is 2.70. The van der Waals surface area contributed by atoms with Crippen LogP contribution in [0.2, 0.25) is 0 Å². The lowest BCUT2D eigenvalue weighted by Crippen LogP contribution is -2.13. The number of benzene rings is 1. The third-order valence-electron chi connectivity index (χ3n) is 2.07. The first-order valence-corrected chi connectivity index (χ1v) is 6.35. The number of thiol groups is 1. The van der Waals surface area contributed by atoms with Gasteiger partial charge in [0, 0.05) is 0 Å². The molecule has 7 heteroatoms. The molecule has 0 atom stereocenters. The largest absolute Gasteiger partial charge is 0.392 e. The topological polar surface area (TPSA) is 71.5 Å². The van der Waals surface area contributed by atoms with Crippen molar-refractivity contribution in [3.63, 3.8) is 0 Å². The predicted octanol–water partition coefficient (Wildman–Crippen LogP) is 1.71. The molecule has 1 aromatic carbocycles. The van der Waals surface area contributed by atoms with Crippen LogP contribution < -0.4 is 5.73 Å². The van der Waals surface area contributed by atoms with E-state index in [0.29, 0.717) is 5.01 Å². The monoisotopic (exact) mass is 283 g/mol. The third kappa shape index (κ3) is 2.81. The van der Waals surface area contributed by atoms with Crippen LogP contribution in [0.15, 0.2) is 23.2 Å². The van der Waals surface area contributed by atoms with Gasteiger partial charge >= 0.3 is 0 Å². The number of aliphatic hydroxyl groups is 1. The van der Waals surface area contributed by atoms with Crippen molar-refractivity contribution >= 4 is 56.6 Å². The first kappa shape index (κ1) is 12.4. The first-order chi connectivity index (χ1) is 8.10. The summed E-state index contributed by atoms with van der Waals surface area (Å²) in [4.78, 5) is 8.21. The van der Waals surface area contributed by atoms with Gasteiger partial charge in [0.25, 0.3) is 0 Å². The fraction of sp³-hybridized carbons (Fsp3) is 0.100. The minimum Gasteiger partial charge on any atom is -0.392 e. The van der Waals surface area contributed by atoms with Gasteiger partial charge in [0.1, 0.15) is 0 Å². The van der Waals surface area contributed by atoms with Gasteiger partial charge in [-0.05, 0) is 17.7 Å². The van der Waals surface area contributed by atoms with E-state index in [1.54, 1.807) is 0 Å². The van der Waals surface area contributed by atoms with Crippen LogP contribution in [0.5, 0.6) is 0 Å². The van der Waals surface area contributed by atoms with E-state index in [0.717, 1.165) is 15.8 Å². The highest BCUT2D eigenvalue weighted by Gasteiger charge is 2.08. The standard InChI is InChI=1S/C10H9N3OS3/c11-8(13-10(15)16)9-12-6-3-5(4-14)1-2-7(6)17-9/h1-3,14H,4H2,(H3,11,13,15,16). The summed E-state index contributed by atoms with van der Waals surface area (Å²) in [5.41, 5.74) is 7.35. The van der Waals surface area contributed by atoms with Crippen LogP contribution in [0.4, 0.5) is 0 Å². The Balaban J connectivity index is 2.47. The molecule has 3 N–H and O–H groups in total. The maximum atomic E-state index is 9.03. The van der Waals surface area contributed by atoms with Crippen molar-refractivity contribution in [3.8, 4) is 0 Å². The van der Waals surface area contributed by atoms with Crippen molar-refractivity contribution in [2.75, 3.05) is 0 Å². The number of nitrogens with zero attached hydrogens (tertiary/aromatic N) is 2. The molecule has 0 radical (unpaired) electrons. The molecule has 4 nitrogen and oxygen atoms in total. The molecule has 0 aliphatic heterocycles. The molecule has 0 spiro atoms. The Morgan fingerprint density at radius 3 is 3.00 bits per heavy atom. The van der Waals surface area contributed by atoms with E-state index < -0.39 is 0 Å². The summed E-state index contributed by atoms with van der Waals surface area (Å²) in [5, 5.41) is 9.64. The molecule has 0 unspecified atom stereocenters. The summed E-state index contributed by atoms with van der Waals surface area (Å²) in [6, 6.07) is 5.57. The van der Waals surface area contributed by atoms with Crippen molar-refractivity contribution in [2.24, 2.45) is 10.7 Å². The number of hydrogen-bond donors (Lipinski definition) is 3. The van der Waals surface area contributed by atoms with E-state index in [-0.39, 0.29) is 16.8 Å². The highest BCUT2D eigenvalue weighted by Crippen LogP contribution is 2.23. The van der Waals surface area contributed by atoms with E-state index in [1.165, 1.54) is 11.3 Å². The van der Waals surface area contributed by atoms with Crippen molar-refractivity contribution in [2.45, 2.75) is 6.61 Å². The van der Waals surface area contributed by atoms with Crippen molar-refractivity contribution in [3.05, 3.63) is 28.8 Å². The maximum Gasteiger partial charge on any atom is 0.162 e. The van der Waals surface area contributed by atoms with Gasteiger partial charge < -0.3 is 10.8 Å². The number of aliphatic hydroxyl groups excluding tert-OH is 1. The Kier molecular flexibility index (Phi) is 3.72. The van der Waals surface area contributed by atoms with E-state index in [2.05, 4.69) is 22.6 Å². The lowest BCUT2D eigenvalue weighted by atomic mass is 10.2. The molecule has 0 saturated heterocycles. The summed E-state index contributed by atoms with van der Waals surface area (Å²) >= 11 is 10.0. The molecule has 0 aliphatic rings. The second-order valence-electron chi connectivity index (χ2n) is 3.26. The van der Waals surface area contributed by atoms with Crippen molar-refractivity contribution in [1.29, 1.82) is 0 Å². The van der Waals surface area contributed by atoms with Crippen LogP contribution in [0.1, 0.15) is 10.6 Å². The molecular formula is C10H9N3OS3. The molecule has 0 saturated carbocycles. The summed E-state index contributed by atoms with van der Waals surface area (Å²) < 4.78 is 1.17. The van der Waals surface area contributed by atoms with Crippen LogP contribution in [0.25, 0.3) is 10.2 Å². The lowest BCUT2D eigenvalue weighted by Gasteiger charge is -1.93. The van der Waals surface area contributed by atoms with E-state index in [1.807, 2.05) is 18.2 Å². The average molecular weight is 283 g/mol. The second-order valence-corrected chi connectivity index (χ2v) is 5.40. The lowest BCUT2D eigenvalue weighted by molar-refractivity contribution is 0.282. The minimum absolute atomic E-state index is 0.00685. The second kappa shape index (κ2) is 5.09. The van der Waals surface area contributed by atoms with Crippen LogP contribution in [0.3, 0.4) is 0 Å². The first-order valence-electron chi connectivity index (χ1n) is 4.68. The fourth-order valence-corrected chi connectivity index (χ4v) is 2.39. The van der Waals surface area contributed by atoms with Gasteiger partial charge in [-0.2, -0.15) is 0 Å². The summed E-state index contributed by atoms with van der Waals surface area (Å²) in [6.07, 6.45) is 0. The molecular weight excluding hydrogens is 274 g/mol. The normalized spacial score (nSPS) is 12.0. The molecule has 0 fully saturated rings. The smallest absolute Gasteiger partial charge is 0.162 e. The SMILES string of the molecule is N/C(=N\C(=S)S)c1nc2cc(CO)ccc2s1. The molecule has 0 amide bonds. The van der Waals surface area contributed by atoms with Gasteiger partial charge in [0.05, 0.1) is 16.8 Å². The van der Waals surface area contributed by atoms with Gasteiger partial charge in [-0.15, -0.1) is 24.0 Å². The zero-order valence-corrected chi connectivity index (χ0v) is 11.1. The maximum absolute atomic E-state index is 9.03. The molecule has 88 valence electrons. The Morgan fingerprint density at radius 1 is 1.59 bits per heavy atom. The Hall–Kier alpha value is -1.02. The fourth-order valence-electron chi connectivity index (χ4n) is 1.33. The van der Waals surface area contributed by atoms with E-state index in [9.17, 15) is 0 Å². The number of nitrogens with two attached hydrogens (primary N) is 1. The number of thiazole rings is 1. The highest BCUT2D eigenvalue weighted by molar-refractivity contribution is 8.11. The zero-order chi connectivity index (χ0) is 12.4. The number of aromatic nitrogens is 1. The number of amidine groups is 1. The molecule has 1 aromatic heterocycles. The summed E-state index contributed by atoms with van der Waals surface area (Å²) in [6.45, 7) is -0.00685. The molecule has 17 heavy (non-hydrogen) atoms. The number of thiocarbonyl (C=S) groups is 1. The summed E-state index contributed by atoms with van der Waals surface area (Å²) in [7, 11) is 0. The predicted molar refractivity (Wildman–Crippen MR) is 77.9 cm³/mol.